The van der Waals surface area contributed by atoms with Crippen LogP contribution in [0, 0.1) is 5.41 Å². The Labute approximate surface area is 83.6 Å². The van der Waals surface area contributed by atoms with Crippen LogP contribution in [0.15, 0.2) is 12.7 Å². The molecule has 0 rings (SSSR count). The summed E-state index contributed by atoms with van der Waals surface area (Å²) in [6, 6.07) is 0.625. The Balaban J connectivity index is 4.13. The molecule has 0 aromatic carbocycles. The van der Waals surface area contributed by atoms with E-state index in [1.165, 1.54) is 12.8 Å². The average molecular weight is 183 g/mol. The predicted molar refractivity (Wildman–Crippen MR) is 61.0 cm³/mol. The Morgan fingerprint density at radius 3 is 2.38 bits per heavy atom. The summed E-state index contributed by atoms with van der Waals surface area (Å²) in [5.74, 6) is 0. The van der Waals surface area contributed by atoms with Crippen LogP contribution in [0.2, 0.25) is 0 Å². The number of allylic oxidation sites excluding steroid dienone is 1. The largest absolute Gasteiger partial charge is 0.314 e. The van der Waals surface area contributed by atoms with Crippen LogP contribution in [-0.4, -0.2) is 12.6 Å². The van der Waals surface area contributed by atoms with Crippen LogP contribution >= 0.6 is 0 Å². The highest BCUT2D eigenvalue weighted by atomic mass is 14.9. The second kappa shape index (κ2) is 6.20. The van der Waals surface area contributed by atoms with Gasteiger partial charge in [-0.25, -0.2) is 0 Å². The molecular formula is C12H25N. The molecule has 1 nitrogen and oxygen atoms in total. The molecule has 78 valence electrons. The first-order chi connectivity index (χ1) is 6.08. The molecule has 0 aliphatic carbocycles. The van der Waals surface area contributed by atoms with Gasteiger partial charge in [0.2, 0.25) is 0 Å². The molecule has 1 unspecified atom stereocenters. The lowest BCUT2D eigenvalue weighted by atomic mass is 9.79. The van der Waals surface area contributed by atoms with Gasteiger partial charge in [0.1, 0.15) is 0 Å². The highest BCUT2D eigenvalue weighted by Gasteiger charge is 2.25. The first-order valence-electron chi connectivity index (χ1n) is 5.42. The van der Waals surface area contributed by atoms with Crippen molar-refractivity contribution in [3.05, 3.63) is 12.7 Å². The monoisotopic (exact) mass is 183 g/mol. The van der Waals surface area contributed by atoms with Crippen molar-refractivity contribution in [2.45, 2.75) is 53.0 Å². The van der Waals surface area contributed by atoms with Gasteiger partial charge in [-0.05, 0) is 31.2 Å². The van der Waals surface area contributed by atoms with Gasteiger partial charge in [-0.15, -0.1) is 6.58 Å². The molecule has 0 spiro atoms. The van der Waals surface area contributed by atoms with Crippen molar-refractivity contribution in [2.75, 3.05) is 6.54 Å². The van der Waals surface area contributed by atoms with Crippen molar-refractivity contribution in [2.24, 2.45) is 5.41 Å². The maximum Gasteiger partial charge on any atom is 0.0121 e. The van der Waals surface area contributed by atoms with Crippen molar-refractivity contribution in [1.29, 1.82) is 0 Å². The molecular weight excluding hydrogens is 158 g/mol. The van der Waals surface area contributed by atoms with Crippen LogP contribution in [0.5, 0.6) is 0 Å². The zero-order valence-corrected chi connectivity index (χ0v) is 9.69. The molecule has 0 fully saturated rings. The van der Waals surface area contributed by atoms with Crippen molar-refractivity contribution < 1.29 is 0 Å². The molecule has 0 aromatic rings. The first-order valence-corrected chi connectivity index (χ1v) is 5.42. The molecule has 1 atom stereocenters. The van der Waals surface area contributed by atoms with Gasteiger partial charge in [0.05, 0.1) is 0 Å². The summed E-state index contributed by atoms with van der Waals surface area (Å²) >= 11 is 0. The van der Waals surface area contributed by atoms with E-state index in [9.17, 15) is 0 Å². The van der Waals surface area contributed by atoms with E-state index in [1.807, 2.05) is 6.08 Å². The summed E-state index contributed by atoms with van der Waals surface area (Å²) in [6.45, 7) is 13.9. The van der Waals surface area contributed by atoms with Crippen molar-refractivity contribution in [3.8, 4) is 0 Å². The third-order valence-electron chi connectivity index (χ3n) is 2.96. The van der Waals surface area contributed by atoms with Gasteiger partial charge in [0, 0.05) is 6.04 Å². The molecule has 0 radical (unpaired) electrons. The minimum Gasteiger partial charge on any atom is -0.314 e. The minimum absolute atomic E-state index is 0.402. The van der Waals surface area contributed by atoms with Gasteiger partial charge in [-0.1, -0.05) is 33.8 Å². The summed E-state index contributed by atoms with van der Waals surface area (Å²) in [7, 11) is 0. The Kier molecular flexibility index (Phi) is 6.06. The zero-order valence-electron chi connectivity index (χ0n) is 9.69. The van der Waals surface area contributed by atoms with E-state index >= 15 is 0 Å². The smallest absolute Gasteiger partial charge is 0.0121 e. The second-order valence-electron chi connectivity index (χ2n) is 4.32. The Morgan fingerprint density at radius 1 is 1.38 bits per heavy atom. The maximum atomic E-state index is 3.77. The SMILES string of the molecule is C=CCCC(NCC)C(C)(C)CC. The van der Waals surface area contributed by atoms with Gasteiger partial charge >= 0.3 is 0 Å². The third kappa shape index (κ3) is 4.47. The fourth-order valence-corrected chi connectivity index (χ4v) is 1.55. The molecule has 0 aliphatic heterocycles. The summed E-state index contributed by atoms with van der Waals surface area (Å²) in [5.41, 5.74) is 0.402. The van der Waals surface area contributed by atoms with Crippen molar-refractivity contribution in [1.82, 2.24) is 5.32 Å². The minimum atomic E-state index is 0.402. The summed E-state index contributed by atoms with van der Waals surface area (Å²) in [5, 5.41) is 3.56. The normalized spacial score (nSPS) is 14.2. The number of rotatable bonds is 7. The summed E-state index contributed by atoms with van der Waals surface area (Å²) < 4.78 is 0. The van der Waals surface area contributed by atoms with Gasteiger partial charge in [0.25, 0.3) is 0 Å². The van der Waals surface area contributed by atoms with E-state index in [4.69, 9.17) is 0 Å². The Bertz CT molecular complexity index is 138. The third-order valence-corrected chi connectivity index (χ3v) is 2.96. The van der Waals surface area contributed by atoms with E-state index in [1.54, 1.807) is 0 Å². The van der Waals surface area contributed by atoms with Gasteiger partial charge in [-0.2, -0.15) is 0 Å². The van der Waals surface area contributed by atoms with E-state index in [0.717, 1.165) is 13.0 Å². The number of nitrogens with one attached hydrogen (secondary N) is 1. The molecule has 0 saturated heterocycles. The fourth-order valence-electron chi connectivity index (χ4n) is 1.55. The number of hydrogen-bond donors (Lipinski definition) is 1. The zero-order chi connectivity index (χ0) is 10.3. The van der Waals surface area contributed by atoms with Crippen LogP contribution in [0.4, 0.5) is 0 Å². The molecule has 0 aliphatic rings. The van der Waals surface area contributed by atoms with E-state index < -0.39 is 0 Å². The molecule has 13 heavy (non-hydrogen) atoms. The Morgan fingerprint density at radius 2 is 2.00 bits per heavy atom. The van der Waals surface area contributed by atoms with Crippen LogP contribution in [0.3, 0.4) is 0 Å². The fraction of sp³-hybridized carbons (Fsp3) is 0.833. The lowest BCUT2D eigenvalue weighted by Gasteiger charge is -2.34. The number of hydrogen-bond acceptors (Lipinski definition) is 1. The van der Waals surface area contributed by atoms with Crippen LogP contribution < -0.4 is 5.32 Å². The average Bonchev–Trinajstić information content (AvgIpc) is 2.12. The van der Waals surface area contributed by atoms with Gasteiger partial charge in [0.15, 0.2) is 0 Å². The summed E-state index contributed by atoms with van der Waals surface area (Å²) in [4.78, 5) is 0. The quantitative estimate of drug-likeness (QED) is 0.597. The van der Waals surface area contributed by atoms with Crippen LogP contribution in [0.25, 0.3) is 0 Å². The molecule has 0 saturated carbocycles. The van der Waals surface area contributed by atoms with E-state index in [0.29, 0.717) is 11.5 Å². The van der Waals surface area contributed by atoms with Gasteiger partial charge in [-0.3, -0.25) is 0 Å². The topological polar surface area (TPSA) is 12.0 Å². The van der Waals surface area contributed by atoms with Crippen LogP contribution in [-0.2, 0) is 0 Å². The first kappa shape index (κ1) is 12.7. The highest BCUT2D eigenvalue weighted by molar-refractivity contribution is 4.84. The van der Waals surface area contributed by atoms with E-state index in [2.05, 4.69) is 39.6 Å². The maximum absolute atomic E-state index is 3.77. The molecule has 0 bridgehead atoms. The Hall–Kier alpha value is -0.300. The molecule has 0 aromatic heterocycles. The standard InChI is InChI=1S/C12H25N/c1-6-9-10-11(13-8-3)12(4,5)7-2/h6,11,13H,1,7-10H2,2-5H3. The van der Waals surface area contributed by atoms with Crippen LogP contribution in [0.1, 0.15) is 47.0 Å². The molecule has 1 heteroatoms. The highest BCUT2D eigenvalue weighted by Crippen LogP contribution is 2.27. The van der Waals surface area contributed by atoms with Crippen molar-refractivity contribution in [3.63, 3.8) is 0 Å². The summed E-state index contributed by atoms with van der Waals surface area (Å²) in [6.07, 6.45) is 5.55. The molecule has 0 heterocycles. The lowest BCUT2D eigenvalue weighted by Crippen LogP contribution is -2.41. The molecule has 1 N–H and O–H groups in total. The predicted octanol–water partition coefficient (Wildman–Crippen LogP) is 3.37. The van der Waals surface area contributed by atoms with E-state index in [-0.39, 0.29) is 0 Å². The second-order valence-corrected chi connectivity index (χ2v) is 4.32. The van der Waals surface area contributed by atoms with Crippen molar-refractivity contribution >= 4 is 0 Å². The lowest BCUT2D eigenvalue weighted by molar-refractivity contribution is 0.224. The van der Waals surface area contributed by atoms with Gasteiger partial charge < -0.3 is 5.32 Å². The molecule has 0 amide bonds.